The number of pyridine rings is 1. The fourth-order valence-electron chi connectivity index (χ4n) is 1.65. The lowest BCUT2D eigenvalue weighted by Gasteiger charge is -2.12. The number of alkyl halides is 3. The van der Waals surface area contributed by atoms with E-state index >= 15 is 0 Å². The fraction of sp³-hybridized carbons (Fsp3) is 0.333. The molecule has 2 N–H and O–H groups in total. The molecule has 8 heteroatoms. The van der Waals surface area contributed by atoms with Crippen LogP contribution in [0.2, 0.25) is 0 Å². The minimum Gasteiger partial charge on any atom is -0.373 e. The van der Waals surface area contributed by atoms with Crippen molar-refractivity contribution in [2.75, 3.05) is 17.7 Å². The lowest BCUT2D eigenvalue weighted by molar-refractivity contribution is -0.137. The number of imidazole rings is 1. The second kappa shape index (κ2) is 5.40. The topological polar surface area (TPSA) is 54.8 Å². The van der Waals surface area contributed by atoms with Gasteiger partial charge >= 0.3 is 6.18 Å². The third kappa shape index (κ3) is 3.19. The first-order valence-electron chi connectivity index (χ1n) is 5.87. The van der Waals surface area contributed by atoms with Crippen LogP contribution in [0.3, 0.4) is 0 Å². The van der Waals surface area contributed by atoms with Gasteiger partial charge in [0.05, 0.1) is 12.1 Å². The maximum absolute atomic E-state index is 12.8. The van der Waals surface area contributed by atoms with Gasteiger partial charge in [0.2, 0.25) is 0 Å². The van der Waals surface area contributed by atoms with Crippen LogP contribution in [0, 0.1) is 0 Å². The van der Waals surface area contributed by atoms with Crippen molar-refractivity contribution in [3.05, 3.63) is 35.9 Å². The monoisotopic (exact) mass is 285 g/mol. The summed E-state index contributed by atoms with van der Waals surface area (Å²) in [5.41, 5.74) is -0.751. The number of anilines is 2. The van der Waals surface area contributed by atoms with E-state index in [0.29, 0.717) is 12.4 Å². The highest BCUT2D eigenvalue weighted by atomic mass is 19.4. The predicted molar refractivity (Wildman–Crippen MR) is 69.3 cm³/mol. The predicted octanol–water partition coefficient (Wildman–Crippen LogP) is 2.49. The molecular weight excluding hydrogens is 271 g/mol. The van der Waals surface area contributed by atoms with Gasteiger partial charge in [0.1, 0.15) is 17.5 Å². The van der Waals surface area contributed by atoms with Gasteiger partial charge in [-0.25, -0.2) is 9.97 Å². The van der Waals surface area contributed by atoms with Gasteiger partial charge in [0, 0.05) is 26.5 Å². The molecule has 5 nitrogen and oxygen atoms in total. The summed E-state index contributed by atoms with van der Waals surface area (Å²) in [6.07, 6.45) is -1.03. The maximum Gasteiger partial charge on any atom is 0.416 e. The summed E-state index contributed by atoms with van der Waals surface area (Å²) in [5.74, 6) is 1.00. The van der Waals surface area contributed by atoms with Gasteiger partial charge in [-0.15, -0.1) is 0 Å². The van der Waals surface area contributed by atoms with Crippen LogP contribution in [0.5, 0.6) is 0 Å². The van der Waals surface area contributed by atoms with Crippen molar-refractivity contribution < 1.29 is 13.2 Å². The van der Waals surface area contributed by atoms with Gasteiger partial charge in [0.15, 0.2) is 0 Å². The number of hydrogen-bond acceptors (Lipinski definition) is 4. The molecule has 0 aliphatic rings. The summed E-state index contributed by atoms with van der Waals surface area (Å²) < 4.78 is 40.1. The van der Waals surface area contributed by atoms with Crippen LogP contribution < -0.4 is 10.6 Å². The van der Waals surface area contributed by atoms with Crippen molar-refractivity contribution in [1.29, 1.82) is 0 Å². The molecule has 2 aromatic heterocycles. The molecule has 0 spiro atoms. The van der Waals surface area contributed by atoms with Crippen LogP contribution >= 0.6 is 0 Å². The van der Waals surface area contributed by atoms with E-state index in [-0.39, 0.29) is 11.6 Å². The van der Waals surface area contributed by atoms with Crippen LogP contribution in [0.1, 0.15) is 11.4 Å². The zero-order valence-corrected chi connectivity index (χ0v) is 11.0. The summed E-state index contributed by atoms with van der Waals surface area (Å²) in [7, 11) is 3.33. The smallest absolute Gasteiger partial charge is 0.373 e. The number of rotatable bonds is 4. The van der Waals surface area contributed by atoms with E-state index in [0.717, 1.165) is 12.1 Å². The molecule has 108 valence electrons. The summed E-state index contributed by atoms with van der Waals surface area (Å²) >= 11 is 0. The molecule has 0 radical (unpaired) electrons. The standard InChI is InChI=1S/C12H14F3N5/c1-16-9-5-8(12(13,14)15)6-10(19-9)18-7-11-17-3-4-20(11)2/h3-6H,7H2,1-2H3,(H2,16,18,19). The zero-order chi connectivity index (χ0) is 14.8. The lowest BCUT2D eigenvalue weighted by atomic mass is 10.2. The largest absolute Gasteiger partial charge is 0.416 e. The van der Waals surface area contributed by atoms with Gasteiger partial charge in [-0.2, -0.15) is 13.2 Å². The summed E-state index contributed by atoms with van der Waals surface area (Å²) in [6.45, 7) is 0.293. The maximum atomic E-state index is 12.8. The van der Waals surface area contributed by atoms with Crippen LogP contribution in [-0.2, 0) is 19.8 Å². The first-order valence-corrected chi connectivity index (χ1v) is 5.87. The summed E-state index contributed by atoms with van der Waals surface area (Å²) in [5, 5.41) is 5.45. The number of nitrogens with one attached hydrogen (secondary N) is 2. The van der Waals surface area contributed by atoms with Crippen molar-refractivity contribution in [1.82, 2.24) is 14.5 Å². The van der Waals surface area contributed by atoms with Crippen molar-refractivity contribution >= 4 is 11.6 Å². The Bertz CT molecular complexity index is 591. The molecule has 0 saturated carbocycles. The van der Waals surface area contributed by atoms with E-state index < -0.39 is 11.7 Å². The average Bonchev–Trinajstić information content (AvgIpc) is 2.80. The molecule has 0 aliphatic carbocycles. The van der Waals surface area contributed by atoms with Crippen LogP contribution in [0.15, 0.2) is 24.5 Å². The van der Waals surface area contributed by atoms with Gasteiger partial charge < -0.3 is 15.2 Å². The molecule has 2 heterocycles. The Balaban J connectivity index is 2.21. The zero-order valence-electron chi connectivity index (χ0n) is 11.0. The highest BCUT2D eigenvalue weighted by molar-refractivity contribution is 5.49. The van der Waals surface area contributed by atoms with Crippen molar-refractivity contribution in [3.63, 3.8) is 0 Å². The quantitative estimate of drug-likeness (QED) is 0.906. The first-order chi connectivity index (χ1) is 9.40. The third-order valence-electron chi connectivity index (χ3n) is 2.76. The first kappa shape index (κ1) is 14.2. The van der Waals surface area contributed by atoms with Gasteiger partial charge in [-0.1, -0.05) is 0 Å². The Hall–Kier alpha value is -2.25. The number of aryl methyl sites for hydroxylation is 1. The number of nitrogens with zero attached hydrogens (tertiary/aromatic N) is 3. The SMILES string of the molecule is CNc1cc(C(F)(F)F)cc(NCc2nccn2C)n1. The Kier molecular flexibility index (Phi) is 3.82. The Morgan fingerprint density at radius 1 is 1.25 bits per heavy atom. The highest BCUT2D eigenvalue weighted by Crippen LogP contribution is 2.32. The molecule has 0 amide bonds. The molecule has 0 bridgehead atoms. The Morgan fingerprint density at radius 2 is 1.95 bits per heavy atom. The minimum absolute atomic E-state index is 0.146. The van der Waals surface area contributed by atoms with E-state index in [2.05, 4.69) is 20.6 Å². The van der Waals surface area contributed by atoms with Crippen molar-refractivity contribution in [2.45, 2.75) is 12.7 Å². The molecule has 0 unspecified atom stereocenters. The summed E-state index contributed by atoms with van der Waals surface area (Å²) in [6, 6.07) is 1.94. The summed E-state index contributed by atoms with van der Waals surface area (Å²) in [4.78, 5) is 8.11. The van der Waals surface area contributed by atoms with Crippen LogP contribution in [-0.4, -0.2) is 21.6 Å². The second-order valence-corrected chi connectivity index (χ2v) is 4.18. The molecule has 0 saturated heterocycles. The van der Waals surface area contributed by atoms with Gasteiger partial charge in [-0.05, 0) is 12.1 Å². The average molecular weight is 285 g/mol. The van der Waals surface area contributed by atoms with Gasteiger partial charge in [0.25, 0.3) is 0 Å². The molecule has 2 rings (SSSR count). The second-order valence-electron chi connectivity index (χ2n) is 4.18. The van der Waals surface area contributed by atoms with E-state index in [1.807, 2.05) is 7.05 Å². The molecule has 0 fully saturated rings. The molecule has 20 heavy (non-hydrogen) atoms. The Morgan fingerprint density at radius 3 is 2.50 bits per heavy atom. The van der Waals surface area contributed by atoms with E-state index in [4.69, 9.17) is 0 Å². The van der Waals surface area contributed by atoms with E-state index in [9.17, 15) is 13.2 Å². The molecular formula is C12H14F3N5. The van der Waals surface area contributed by atoms with E-state index in [1.165, 1.54) is 7.05 Å². The van der Waals surface area contributed by atoms with Gasteiger partial charge in [-0.3, -0.25) is 0 Å². The Labute approximate surface area is 113 Å². The van der Waals surface area contributed by atoms with Crippen LogP contribution in [0.4, 0.5) is 24.8 Å². The fourth-order valence-corrected chi connectivity index (χ4v) is 1.65. The number of hydrogen-bond donors (Lipinski definition) is 2. The normalized spacial score (nSPS) is 11.4. The van der Waals surface area contributed by atoms with Crippen molar-refractivity contribution in [2.24, 2.45) is 7.05 Å². The third-order valence-corrected chi connectivity index (χ3v) is 2.76. The van der Waals surface area contributed by atoms with Crippen LogP contribution in [0.25, 0.3) is 0 Å². The number of halogens is 3. The molecule has 0 atom stereocenters. The number of aromatic nitrogens is 3. The van der Waals surface area contributed by atoms with Crippen molar-refractivity contribution in [3.8, 4) is 0 Å². The molecule has 2 aromatic rings. The molecule has 0 aliphatic heterocycles. The highest BCUT2D eigenvalue weighted by Gasteiger charge is 2.31. The lowest BCUT2D eigenvalue weighted by Crippen LogP contribution is -2.11. The minimum atomic E-state index is -4.41. The molecule has 0 aromatic carbocycles. The van der Waals surface area contributed by atoms with E-state index in [1.54, 1.807) is 17.0 Å².